The molecular weight excluding hydrogens is 524 g/mol. The number of pyridine rings is 3. The summed E-state index contributed by atoms with van der Waals surface area (Å²) in [5, 5.41) is 10.4. The summed E-state index contributed by atoms with van der Waals surface area (Å²) in [5.41, 5.74) is 0.433. The van der Waals surface area contributed by atoms with E-state index in [-0.39, 0.29) is 17.3 Å². The van der Waals surface area contributed by atoms with Crippen molar-refractivity contribution in [2.45, 2.75) is 38.3 Å². The number of fused-ring (bicyclic) bond motifs is 3. The fourth-order valence-corrected chi connectivity index (χ4v) is 5.77. The van der Waals surface area contributed by atoms with E-state index in [0.717, 1.165) is 37.6 Å². The van der Waals surface area contributed by atoms with Gasteiger partial charge in [-0.2, -0.15) is 0 Å². The summed E-state index contributed by atoms with van der Waals surface area (Å²) < 4.78 is 1.60. The average molecular weight is 559 g/mol. The topological polar surface area (TPSA) is 141 Å². The molecule has 2 aliphatic rings. The summed E-state index contributed by atoms with van der Waals surface area (Å²) in [6.45, 7) is 7.54. The van der Waals surface area contributed by atoms with Crippen molar-refractivity contribution in [1.82, 2.24) is 34.3 Å². The fraction of sp³-hybridized carbons (Fsp3) is 0.448. The van der Waals surface area contributed by atoms with Gasteiger partial charge in [0.1, 0.15) is 16.9 Å². The Labute approximate surface area is 236 Å². The van der Waals surface area contributed by atoms with Gasteiger partial charge in [-0.1, -0.05) is 0 Å². The third-order valence-electron chi connectivity index (χ3n) is 8.12. The summed E-state index contributed by atoms with van der Waals surface area (Å²) >= 11 is 0. The van der Waals surface area contributed by atoms with Crippen molar-refractivity contribution in [3.63, 3.8) is 0 Å². The van der Waals surface area contributed by atoms with E-state index in [9.17, 15) is 19.5 Å². The predicted molar refractivity (Wildman–Crippen MR) is 156 cm³/mol. The molecule has 6 rings (SSSR count). The van der Waals surface area contributed by atoms with Gasteiger partial charge < -0.3 is 19.8 Å². The molecule has 1 amide bonds. The van der Waals surface area contributed by atoms with Gasteiger partial charge in [0.05, 0.1) is 22.1 Å². The van der Waals surface area contributed by atoms with Gasteiger partial charge in [0.15, 0.2) is 0 Å². The lowest BCUT2D eigenvalue weighted by Crippen LogP contribution is -2.49. The summed E-state index contributed by atoms with van der Waals surface area (Å²) in [4.78, 5) is 61.4. The number of anilines is 1. The van der Waals surface area contributed by atoms with Gasteiger partial charge in [0, 0.05) is 63.3 Å². The molecule has 12 heteroatoms. The van der Waals surface area contributed by atoms with Crippen LogP contribution >= 0.6 is 0 Å². The molecule has 0 radical (unpaired) electrons. The standard InChI is InChI=1S/C29H34N8O4/c1-29(2,41)27(39)36-10-8-19(9-11-36)37-25-20(26(38)33-28(37)40)17-30-22-6-5-21(32-24(22)25)18-4-7-23(31-16-18)35-14-12-34(3)13-15-35/h4-7,16-17,19,41H,8-15H2,1-3H3,(H,33,38,40). The Balaban J connectivity index is 1.38. The van der Waals surface area contributed by atoms with Gasteiger partial charge in [0.25, 0.3) is 11.5 Å². The van der Waals surface area contributed by atoms with Crippen LogP contribution in [0.25, 0.3) is 33.2 Å². The van der Waals surface area contributed by atoms with Crippen LogP contribution in [0.2, 0.25) is 0 Å². The highest BCUT2D eigenvalue weighted by Crippen LogP contribution is 2.29. The van der Waals surface area contributed by atoms with E-state index >= 15 is 0 Å². The van der Waals surface area contributed by atoms with Crippen LogP contribution in [0.5, 0.6) is 0 Å². The third kappa shape index (κ3) is 5.08. The van der Waals surface area contributed by atoms with Crippen molar-refractivity contribution in [3.8, 4) is 11.3 Å². The number of amides is 1. The molecule has 2 N–H and O–H groups in total. The molecule has 0 spiro atoms. The third-order valence-corrected chi connectivity index (χ3v) is 8.12. The maximum atomic E-state index is 13.3. The van der Waals surface area contributed by atoms with Crippen LogP contribution in [0.3, 0.4) is 0 Å². The van der Waals surface area contributed by atoms with Crippen molar-refractivity contribution < 1.29 is 9.90 Å². The number of likely N-dealkylation sites (tertiary alicyclic amines) is 1. The van der Waals surface area contributed by atoms with Crippen LogP contribution in [0.1, 0.15) is 32.7 Å². The highest BCUT2D eigenvalue weighted by atomic mass is 16.3. The van der Waals surface area contributed by atoms with Crippen LogP contribution < -0.4 is 16.1 Å². The predicted octanol–water partition coefficient (Wildman–Crippen LogP) is 1.38. The first-order valence-electron chi connectivity index (χ1n) is 14.0. The highest BCUT2D eigenvalue weighted by Gasteiger charge is 2.33. The smallest absolute Gasteiger partial charge is 0.329 e. The molecule has 2 fully saturated rings. The van der Waals surface area contributed by atoms with Crippen molar-refractivity contribution in [1.29, 1.82) is 0 Å². The number of nitrogens with zero attached hydrogens (tertiary/aromatic N) is 7. The highest BCUT2D eigenvalue weighted by molar-refractivity contribution is 6.01. The van der Waals surface area contributed by atoms with Crippen LogP contribution in [-0.2, 0) is 4.79 Å². The number of H-pyrrole nitrogens is 1. The van der Waals surface area contributed by atoms with Gasteiger partial charge in [-0.05, 0) is 58.0 Å². The molecular formula is C29H34N8O4. The Morgan fingerprint density at radius 1 is 0.976 bits per heavy atom. The summed E-state index contributed by atoms with van der Waals surface area (Å²) in [5.74, 6) is 0.576. The van der Waals surface area contributed by atoms with E-state index in [4.69, 9.17) is 9.97 Å². The number of carbonyl (C=O) groups is 1. The lowest BCUT2D eigenvalue weighted by Gasteiger charge is -2.36. The van der Waals surface area contributed by atoms with E-state index in [1.807, 2.05) is 24.3 Å². The molecule has 12 nitrogen and oxygen atoms in total. The molecule has 6 heterocycles. The second-order valence-corrected chi connectivity index (χ2v) is 11.5. The second kappa shape index (κ2) is 10.3. The molecule has 2 saturated heterocycles. The van der Waals surface area contributed by atoms with Crippen molar-refractivity contribution in [3.05, 3.63) is 57.5 Å². The second-order valence-electron chi connectivity index (χ2n) is 11.5. The van der Waals surface area contributed by atoms with Gasteiger partial charge in [-0.25, -0.2) is 14.8 Å². The molecule has 214 valence electrons. The largest absolute Gasteiger partial charge is 0.381 e. The van der Waals surface area contributed by atoms with E-state index in [1.54, 1.807) is 15.7 Å². The van der Waals surface area contributed by atoms with Crippen molar-refractivity contribution in [2.75, 3.05) is 51.2 Å². The van der Waals surface area contributed by atoms with Crippen LogP contribution in [0.15, 0.2) is 46.2 Å². The van der Waals surface area contributed by atoms with Crippen LogP contribution in [0.4, 0.5) is 5.82 Å². The van der Waals surface area contributed by atoms with E-state index in [1.165, 1.54) is 20.0 Å². The monoisotopic (exact) mass is 558 g/mol. The number of aromatic amines is 1. The Kier molecular flexibility index (Phi) is 6.82. The molecule has 0 atom stereocenters. The Hall–Kier alpha value is -4.16. The maximum absolute atomic E-state index is 13.3. The minimum Gasteiger partial charge on any atom is -0.381 e. The molecule has 0 unspecified atom stereocenters. The molecule has 41 heavy (non-hydrogen) atoms. The van der Waals surface area contributed by atoms with Crippen LogP contribution in [0, 0.1) is 0 Å². The fourth-order valence-electron chi connectivity index (χ4n) is 5.77. The average Bonchev–Trinajstić information content (AvgIpc) is 2.97. The Bertz CT molecular complexity index is 1730. The van der Waals surface area contributed by atoms with Gasteiger partial charge in [0.2, 0.25) is 0 Å². The number of carbonyl (C=O) groups excluding carboxylic acids is 1. The number of piperidine rings is 1. The van der Waals surface area contributed by atoms with Gasteiger partial charge in [-0.3, -0.25) is 24.1 Å². The first kappa shape index (κ1) is 27.0. The first-order chi connectivity index (χ1) is 19.6. The molecule has 0 aliphatic carbocycles. The maximum Gasteiger partial charge on any atom is 0.329 e. The lowest BCUT2D eigenvalue weighted by atomic mass is 10.0. The van der Waals surface area contributed by atoms with Crippen molar-refractivity contribution in [2.24, 2.45) is 0 Å². The number of piperazine rings is 1. The zero-order valence-electron chi connectivity index (χ0n) is 23.5. The first-order valence-corrected chi connectivity index (χ1v) is 14.0. The molecule has 4 aromatic heterocycles. The number of likely N-dealkylation sites (N-methyl/N-ethyl adjacent to an activating group) is 1. The lowest BCUT2D eigenvalue weighted by molar-refractivity contribution is -0.149. The summed E-state index contributed by atoms with van der Waals surface area (Å²) in [7, 11) is 2.12. The van der Waals surface area contributed by atoms with Gasteiger partial charge >= 0.3 is 5.69 Å². The van der Waals surface area contributed by atoms with Crippen LogP contribution in [-0.4, -0.2) is 97.2 Å². The molecule has 4 aromatic rings. The molecule has 2 aliphatic heterocycles. The number of aromatic nitrogens is 5. The van der Waals surface area contributed by atoms with E-state index < -0.39 is 16.9 Å². The zero-order valence-corrected chi connectivity index (χ0v) is 23.5. The Morgan fingerprint density at radius 3 is 2.37 bits per heavy atom. The zero-order chi connectivity index (χ0) is 28.9. The SMILES string of the molecule is CN1CCN(c2ccc(-c3ccc4ncc5c(=O)[nH]c(=O)n(C6CCN(C(=O)C(C)(C)O)CC6)c5c4n3)cn2)CC1. The molecule has 0 bridgehead atoms. The number of rotatable bonds is 4. The van der Waals surface area contributed by atoms with E-state index in [0.29, 0.717) is 48.2 Å². The number of hydrogen-bond acceptors (Lipinski definition) is 9. The Morgan fingerprint density at radius 2 is 1.71 bits per heavy atom. The van der Waals surface area contributed by atoms with Gasteiger partial charge in [-0.15, -0.1) is 0 Å². The number of nitrogens with one attached hydrogen (secondary N) is 1. The summed E-state index contributed by atoms with van der Waals surface area (Å²) in [6, 6.07) is 7.42. The quantitative estimate of drug-likeness (QED) is 0.356. The molecule has 0 aromatic carbocycles. The van der Waals surface area contributed by atoms with E-state index in [2.05, 4.69) is 26.8 Å². The minimum atomic E-state index is -1.46. The van der Waals surface area contributed by atoms with Crippen molar-refractivity contribution >= 4 is 33.7 Å². The molecule has 0 saturated carbocycles. The minimum absolute atomic E-state index is 0.270. The number of hydrogen-bond donors (Lipinski definition) is 2. The summed E-state index contributed by atoms with van der Waals surface area (Å²) in [6.07, 6.45) is 4.26. The normalized spacial score (nSPS) is 17.5. The number of aliphatic hydroxyl groups is 1.